The Hall–Kier alpha value is -2.39. The zero-order valence-electron chi connectivity index (χ0n) is 15.5. The Labute approximate surface area is 152 Å². The molecule has 9 nitrogen and oxygen atoms in total. The summed E-state index contributed by atoms with van der Waals surface area (Å²) in [7, 11) is 0. The highest BCUT2D eigenvalue weighted by Gasteiger charge is 2.41. The molecular weight excluding hydrogens is 330 g/mol. The molecule has 2 aromatic rings. The molecular formula is C17H27N9. The molecule has 0 radical (unpaired) electrons. The number of nitrogens with zero attached hydrogens (tertiary/aromatic N) is 4. The highest BCUT2D eigenvalue weighted by molar-refractivity contribution is 5.95. The molecule has 1 atom stereocenters. The first-order valence-electron chi connectivity index (χ1n) is 9.05. The van der Waals surface area contributed by atoms with Crippen LogP contribution in [0.15, 0.2) is 17.3 Å². The quantitative estimate of drug-likeness (QED) is 0.538. The van der Waals surface area contributed by atoms with Gasteiger partial charge in [0.25, 0.3) is 0 Å². The van der Waals surface area contributed by atoms with Crippen molar-refractivity contribution >= 4 is 11.8 Å². The van der Waals surface area contributed by atoms with Crippen LogP contribution >= 0.6 is 0 Å². The molecule has 4 heterocycles. The Morgan fingerprint density at radius 3 is 2.65 bits per heavy atom. The fraction of sp³-hybridized carbons (Fsp3) is 0.588. The number of guanidine groups is 1. The van der Waals surface area contributed by atoms with E-state index in [0.29, 0.717) is 11.7 Å². The molecule has 1 saturated heterocycles. The van der Waals surface area contributed by atoms with Crippen LogP contribution in [0, 0.1) is 0 Å². The van der Waals surface area contributed by atoms with Gasteiger partial charge >= 0.3 is 0 Å². The lowest BCUT2D eigenvalue weighted by molar-refractivity contribution is 0.346. The number of H-pyrrole nitrogens is 1. The third kappa shape index (κ3) is 2.67. The number of anilines is 1. The van der Waals surface area contributed by atoms with Gasteiger partial charge in [0.1, 0.15) is 5.82 Å². The van der Waals surface area contributed by atoms with E-state index in [9.17, 15) is 0 Å². The normalized spacial score (nSPS) is 24.1. The number of aromatic amines is 1. The lowest BCUT2D eigenvalue weighted by Crippen LogP contribution is -2.44. The van der Waals surface area contributed by atoms with E-state index in [1.807, 2.05) is 10.7 Å². The van der Waals surface area contributed by atoms with Crippen LogP contribution in [-0.4, -0.2) is 39.0 Å². The second-order valence-electron chi connectivity index (χ2n) is 8.14. The number of piperidine rings is 1. The smallest absolute Gasteiger partial charge is 0.196 e. The van der Waals surface area contributed by atoms with E-state index < -0.39 is 5.66 Å². The van der Waals surface area contributed by atoms with Crippen molar-refractivity contribution in [2.75, 3.05) is 18.4 Å². The van der Waals surface area contributed by atoms with Crippen molar-refractivity contribution < 1.29 is 0 Å². The number of aromatic nitrogens is 4. The Balaban J connectivity index is 1.77. The maximum absolute atomic E-state index is 6.74. The maximum Gasteiger partial charge on any atom is 0.196 e. The predicted molar refractivity (Wildman–Crippen MR) is 101 cm³/mol. The van der Waals surface area contributed by atoms with E-state index in [1.54, 1.807) is 6.20 Å². The van der Waals surface area contributed by atoms with Gasteiger partial charge in [-0.25, -0.2) is 9.67 Å². The minimum absolute atomic E-state index is 0.0879. The van der Waals surface area contributed by atoms with E-state index in [0.717, 1.165) is 43.0 Å². The zero-order valence-corrected chi connectivity index (χ0v) is 15.5. The van der Waals surface area contributed by atoms with Gasteiger partial charge in [0, 0.05) is 5.41 Å². The van der Waals surface area contributed by atoms with Crippen LogP contribution in [0.25, 0.3) is 0 Å². The minimum atomic E-state index is -1.13. The van der Waals surface area contributed by atoms with Gasteiger partial charge in [-0.15, -0.1) is 0 Å². The van der Waals surface area contributed by atoms with Gasteiger partial charge in [0.2, 0.25) is 0 Å². The molecule has 0 saturated carbocycles. The summed E-state index contributed by atoms with van der Waals surface area (Å²) in [4.78, 5) is 4.50. The summed E-state index contributed by atoms with van der Waals surface area (Å²) in [6, 6.07) is 2.28. The molecule has 0 spiro atoms. The molecule has 0 amide bonds. The second kappa shape index (κ2) is 5.82. The van der Waals surface area contributed by atoms with E-state index in [-0.39, 0.29) is 11.4 Å². The average Bonchev–Trinajstić information content (AvgIpc) is 3.23. The maximum atomic E-state index is 6.74. The van der Waals surface area contributed by atoms with Crippen LogP contribution in [0.1, 0.15) is 56.6 Å². The molecule has 0 aliphatic carbocycles. The van der Waals surface area contributed by atoms with E-state index in [2.05, 4.69) is 51.7 Å². The standard InChI is InChI=1S/C17H27N9/c1-16(2,3)12-8-13(25-24-12)17(19)11-9-21-26(10-4-6-20-7-5-10)14(11)22-15(18)23-17/h8-10,20H,4-7,19H2,1-3H3,(H,24,25)(H3,18,22,23). The molecule has 4 rings (SSSR count). The van der Waals surface area contributed by atoms with Gasteiger partial charge in [-0.2, -0.15) is 10.2 Å². The summed E-state index contributed by atoms with van der Waals surface area (Å²) in [6.45, 7) is 8.28. The topological polar surface area (TPSA) is 135 Å². The SMILES string of the molecule is CC(C)(C)c1cc(C2(N)N=C(N)Nc3c2cnn3C2CCNCC2)[nH]n1. The third-order valence-corrected chi connectivity index (χ3v) is 5.16. The number of nitrogens with two attached hydrogens (primary N) is 2. The zero-order chi connectivity index (χ0) is 18.5. The van der Waals surface area contributed by atoms with Gasteiger partial charge in [0.05, 0.1) is 29.2 Å². The Kier molecular flexibility index (Phi) is 3.81. The number of aliphatic imine (C=N–C) groups is 1. The summed E-state index contributed by atoms with van der Waals surface area (Å²) >= 11 is 0. The number of nitrogens with one attached hydrogen (secondary N) is 3. The van der Waals surface area contributed by atoms with Crippen molar-refractivity contribution in [2.24, 2.45) is 16.5 Å². The number of hydrogen-bond acceptors (Lipinski definition) is 7. The van der Waals surface area contributed by atoms with Crippen LogP contribution in [0.2, 0.25) is 0 Å². The molecule has 26 heavy (non-hydrogen) atoms. The largest absolute Gasteiger partial charge is 0.370 e. The van der Waals surface area contributed by atoms with Crippen LogP contribution in [0.4, 0.5) is 5.82 Å². The van der Waals surface area contributed by atoms with Crippen molar-refractivity contribution in [3.63, 3.8) is 0 Å². The first-order chi connectivity index (χ1) is 12.3. The first kappa shape index (κ1) is 17.0. The average molecular weight is 357 g/mol. The molecule has 140 valence electrons. The fourth-order valence-corrected chi connectivity index (χ4v) is 3.60. The highest BCUT2D eigenvalue weighted by Crippen LogP contribution is 2.38. The Bertz CT molecular complexity index is 835. The van der Waals surface area contributed by atoms with Crippen LogP contribution < -0.4 is 22.1 Å². The van der Waals surface area contributed by atoms with Crippen molar-refractivity contribution in [1.82, 2.24) is 25.3 Å². The van der Waals surface area contributed by atoms with Gasteiger partial charge in [-0.3, -0.25) is 10.8 Å². The molecule has 2 aromatic heterocycles. The van der Waals surface area contributed by atoms with Gasteiger partial charge in [-0.1, -0.05) is 20.8 Å². The lowest BCUT2D eigenvalue weighted by atomic mass is 9.90. The van der Waals surface area contributed by atoms with Crippen molar-refractivity contribution in [3.8, 4) is 0 Å². The van der Waals surface area contributed by atoms with Gasteiger partial charge in [-0.05, 0) is 32.0 Å². The molecule has 9 heteroatoms. The highest BCUT2D eigenvalue weighted by atomic mass is 15.4. The van der Waals surface area contributed by atoms with Crippen LogP contribution in [0.3, 0.4) is 0 Å². The van der Waals surface area contributed by atoms with E-state index >= 15 is 0 Å². The molecule has 1 unspecified atom stereocenters. The molecule has 2 aliphatic heterocycles. The third-order valence-electron chi connectivity index (χ3n) is 5.16. The summed E-state index contributed by atoms with van der Waals surface area (Å²) in [5.41, 5.74) is 14.0. The van der Waals surface area contributed by atoms with Crippen molar-refractivity contribution in [3.05, 3.63) is 29.2 Å². The molecule has 7 N–H and O–H groups in total. The van der Waals surface area contributed by atoms with Crippen molar-refractivity contribution in [2.45, 2.75) is 50.7 Å². The van der Waals surface area contributed by atoms with E-state index in [4.69, 9.17) is 11.5 Å². The summed E-state index contributed by atoms with van der Waals surface area (Å²) in [5, 5.41) is 18.6. The van der Waals surface area contributed by atoms with E-state index in [1.165, 1.54) is 0 Å². The van der Waals surface area contributed by atoms with Gasteiger partial charge < -0.3 is 16.4 Å². The molecule has 0 aromatic carbocycles. The summed E-state index contributed by atoms with van der Waals surface area (Å²) < 4.78 is 2.00. The molecule has 2 aliphatic rings. The number of hydrogen-bond donors (Lipinski definition) is 5. The number of fused-ring (bicyclic) bond motifs is 1. The lowest BCUT2D eigenvalue weighted by Gasteiger charge is -2.31. The molecule has 1 fully saturated rings. The predicted octanol–water partition coefficient (Wildman–Crippen LogP) is 0.728. The second-order valence-corrected chi connectivity index (χ2v) is 8.14. The summed E-state index contributed by atoms with van der Waals surface area (Å²) in [6.07, 6.45) is 3.82. The Morgan fingerprint density at radius 2 is 2.00 bits per heavy atom. The van der Waals surface area contributed by atoms with Crippen LogP contribution in [0.5, 0.6) is 0 Å². The Morgan fingerprint density at radius 1 is 1.27 bits per heavy atom. The monoisotopic (exact) mass is 357 g/mol. The van der Waals surface area contributed by atoms with Crippen LogP contribution in [-0.2, 0) is 11.1 Å². The van der Waals surface area contributed by atoms with Gasteiger partial charge in [0.15, 0.2) is 11.6 Å². The molecule has 0 bridgehead atoms. The number of rotatable bonds is 2. The van der Waals surface area contributed by atoms with Crippen molar-refractivity contribution in [1.29, 1.82) is 0 Å². The summed E-state index contributed by atoms with van der Waals surface area (Å²) in [5.74, 6) is 1.10. The first-order valence-corrected chi connectivity index (χ1v) is 9.05. The fourth-order valence-electron chi connectivity index (χ4n) is 3.60. The minimum Gasteiger partial charge on any atom is -0.370 e.